The quantitative estimate of drug-likeness (QED) is 0.593. The van der Waals surface area contributed by atoms with E-state index < -0.39 is 0 Å². The van der Waals surface area contributed by atoms with Crippen molar-refractivity contribution in [3.8, 4) is 0 Å². The van der Waals surface area contributed by atoms with Gasteiger partial charge in [0.1, 0.15) is 6.10 Å². The molecular formula is C9H17NO2. The average molecular weight is 171 g/mol. The zero-order valence-corrected chi connectivity index (χ0v) is 7.96. The molecule has 2 atom stereocenters. The minimum Gasteiger partial charge on any atom is -0.462 e. The van der Waals surface area contributed by atoms with E-state index in [-0.39, 0.29) is 12.1 Å². The van der Waals surface area contributed by atoms with Gasteiger partial charge in [0, 0.05) is 31.8 Å². The second-order valence-electron chi connectivity index (χ2n) is 3.69. The molecule has 0 radical (unpaired) electrons. The third-order valence-corrected chi connectivity index (χ3v) is 2.36. The van der Waals surface area contributed by atoms with Crippen LogP contribution in [-0.2, 0) is 9.53 Å². The highest BCUT2D eigenvalue weighted by Gasteiger charge is 2.29. The fourth-order valence-corrected chi connectivity index (χ4v) is 1.76. The van der Waals surface area contributed by atoms with E-state index in [1.165, 1.54) is 6.92 Å². The molecule has 70 valence electrons. The van der Waals surface area contributed by atoms with Crippen molar-refractivity contribution in [2.24, 2.45) is 11.8 Å². The standard InChI is InChI=1S/C9H17NO2/c1-6-4-10-5-7(2)9(6)12-8(3)11/h6-7,9-10H,4-5H2,1-3H3. The number of carbonyl (C=O) groups is 1. The molecule has 1 aliphatic heterocycles. The van der Waals surface area contributed by atoms with Gasteiger partial charge < -0.3 is 10.1 Å². The number of hydrogen-bond acceptors (Lipinski definition) is 3. The lowest BCUT2D eigenvalue weighted by atomic mass is 9.89. The maximum absolute atomic E-state index is 10.8. The van der Waals surface area contributed by atoms with E-state index >= 15 is 0 Å². The molecule has 3 heteroatoms. The summed E-state index contributed by atoms with van der Waals surface area (Å²) in [5.41, 5.74) is 0. The zero-order valence-electron chi connectivity index (χ0n) is 7.96. The SMILES string of the molecule is CC(=O)OC1C(C)CNCC1C. The monoisotopic (exact) mass is 171 g/mol. The molecule has 0 aromatic heterocycles. The van der Waals surface area contributed by atoms with E-state index in [9.17, 15) is 4.79 Å². The van der Waals surface area contributed by atoms with Gasteiger partial charge >= 0.3 is 5.97 Å². The van der Waals surface area contributed by atoms with Crippen LogP contribution in [0.3, 0.4) is 0 Å². The molecule has 0 amide bonds. The second-order valence-corrected chi connectivity index (χ2v) is 3.69. The van der Waals surface area contributed by atoms with Gasteiger partial charge in [-0.25, -0.2) is 0 Å². The number of ether oxygens (including phenoxy) is 1. The van der Waals surface area contributed by atoms with Crippen LogP contribution in [0.15, 0.2) is 0 Å². The molecule has 1 N–H and O–H groups in total. The predicted octanol–water partition coefficient (Wildman–Crippen LogP) is 0.793. The van der Waals surface area contributed by atoms with Crippen LogP contribution in [0.25, 0.3) is 0 Å². The first-order valence-electron chi connectivity index (χ1n) is 4.49. The highest BCUT2D eigenvalue weighted by Crippen LogP contribution is 2.19. The smallest absolute Gasteiger partial charge is 0.302 e. The zero-order chi connectivity index (χ0) is 9.14. The third kappa shape index (κ3) is 2.21. The van der Waals surface area contributed by atoms with Crippen LogP contribution in [-0.4, -0.2) is 25.2 Å². The largest absolute Gasteiger partial charge is 0.462 e. The van der Waals surface area contributed by atoms with Crippen molar-refractivity contribution in [2.45, 2.75) is 26.9 Å². The number of esters is 1. The summed E-state index contributed by atoms with van der Waals surface area (Å²) in [5, 5.41) is 3.30. The van der Waals surface area contributed by atoms with Crippen molar-refractivity contribution in [1.29, 1.82) is 0 Å². The summed E-state index contributed by atoms with van der Waals surface area (Å²) in [6.45, 7) is 7.58. The van der Waals surface area contributed by atoms with Crippen LogP contribution in [0.1, 0.15) is 20.8 Å². The van der Waals surface area contributed by atoms with Gasteiger partial charge in [-0.2, -0.15) is 0 Å². The van der Waals surface area contributed by atoms with Crippen molar-refractivity contribution in [1.82, 2.24) is 5.32 Å². The van der Waals surface area contributed by atoms with Crippen LogP contribution >= 0.6 is 0 Å². The summed E-state index contributed by atoms with van der Waals surface area (Å²) in [7, 11) is 0. The molecule has 0 spiro atoms. The fourth-order valence-electron chi connectivity index (χ4n) is 1.76. The number of carbonyl (C=O) groups excluding carboxylic acids is 1. The molecule has 0 aromatic carbocycles. The van der Waals surface area contributed by atoms with Crippen molar-refractivity contribution in [3.05, 3.63) is 0 Å². The van der Waals surface area contributed by atoms with Crippen LogP contribution in [0, 0.1) is 11.8 Å². The maximum atomic E-state index is 10.8. The normalized spacial score (nSPS) is 36.1. The minimum absolute atomic E-state index is 0.101. The summed E-state index contributed by atoms with van der Waals surface area (Å²) >= 11 is 0. The Labute approximate surface area is 73.5 Å². The molecule has 0 aliphatic carbocycles. The Hall–Kier alpha value is -0.570. The molecule has 0 bridgehead atoms. The summed E-state index contributed by atoms with van der Waals surface area (Å²) < 4.78 is 5.24. The van der Waals surface area contributed by atoms with Gasteiger partial charge in [-0.05, 0) is 0 Å². The summed E-state index contributed by atoms with van der Waals surface area (Å²) in [5.74, 6) is 0.691. The molecule has 1 fully saturated rings. The molecule has 1 rings (SSSR count). The molecule has 0 aromatic rings. The molecule has 0 saturated carbocycles. The van der Waals surface area contributed by atoms with Crippen molar-refractivity contribution >= 4 is 5.97 Å². The predicted molar refractivity (Wildman–Crippen MR) is 46.8 cm³/mol. The number of hydrogen-bond donors (Lipinski definition) is 1. The first-order valence-corrected chi connectivity index (χ1v) is 4.49. The summed E-state index contributed by atoms with van der Waals surface area (Å²) in [6.07, 6.45) is 0.101. The molecular weight excluding hydrogens is 154 g/mol. The lowest BCUT2D eigenvalue weighted by Crippen LogP contribution is -2.46. The fraction of sp³-hybridized carbons (Fsp3) is 0.889. The van der Waals surface area contributed by atoms with Gasteiger partial charge in [0.25, 0.3) is 0 Å². The summed E-state index contributed by atoms with van der Waals surface area (Å²) in [4.78, 5) is 10.8. The van der Waals surface area contributed by atoms with Crippen molar-refractivity contribution < 1.29 is 9.53 Å². The first kappa shape index (κ1) is 9.52. The Morgan fingerprint density at radius 3 is 2.25 bits per heavy atom. The molecule has 3 nitrogen and oxygen atoms in total. The van der Waals surface area contributed by atoms with Gasteiger partial charge in [0.05, 0.1) is 0 Å². The van der Waals surface area contributed by atoms with E-state index in [1.54, 1.807) is 0 Å². The molecule has 1 aliphatic rings. The van der Waals surface area contributed by atoms with E-state index in [0.717, 1.165) is 13.1 Å². The average Bonchev–Trinajstić information content (AvgIpc) is 1.97. The van der Waals surface area contributed by atoms with E-state index in [4.69, 9.17) is 4.74 Å². The van der Waals surface area contributed by atoms with Crippen molar-refractivity contribution in [2.75, 3.05) is 13.1 Å². The highest BCUT2D eigenvalue weighted by atomic mass is 16.5. The first-order chi connectivity index (χ1) is 5.61. The number of nitrogens with one attached hydrogen (secondary N) is 1. The number of rotatable bonds is 1. The van der Waals surface area contributed by atoms with Crippen LogP contribution in [0.2, 0.25) is 0 Å². The Bertz CT molecular complexity index is 160. The summed E-state index contributed by atoms with van der Waals surface area (Å²) in [6, 6.07) is 0. The van der Waals surface area contributed by atoms with Gasteiger partial charge in [-0.1, -0.05) is 13.8 Å². The highest BCUT2D eigenvalue weighted by molar-refractivity contribution is 5.66. The van der Waals surface area contributed by atoms with Crippen LogP contribution < -0.4 is 5.32 Å². The van der Waals surface area contributed by atoms with Crippen LogP contribution in [0.4, 0.5) is 0 Å². The van der Waals surface area contributed by atoms with E-state index in [0.29, 0.717) is 11.8 Å². The Morgan fingerprint density at radius 2 is 1.83 bits per heavy atom. The topological polar surface area (TPSA) is 38.3 Å². The number of piperidine rings is 1. The van der Waals surface area contributed by atoms with Gasteiger partial charge in [-0.3, -0.25) is 4.79 Å². The molecule has 1 saturated heterocycles. The Kier molecular flexibility index (Phi) is 3.09. The van der Waals surface area contributed by atoms with E-state index in [2.05, 4.69) is 19.2 Å². The lowest BCUT2D eigenvalue weighted by molar-refractivity contribution is -0.153. The van der Waals surface area contributed by atoms with Crippen LogP contribution in [0.5, 0.6) is 0 Å². The molecule has 2 unspecified atom stereocenters. The lowest BCUT2D eigenvalue weighted by Gasteiger charge is -2.34. The minimum atomic E-state index is -0.166. The molecule has 12 heavy (non-hydrogen) atoms. The maximum Gasteiger partial charge on any atom is 0.302 e. The second kappa shape index (κ2) is 3.90. The van der Waals surface area contributed by atoms with Crippen molar-refractivity contribution in [3.63, 3.8) is 0 Å². The Balaban J connectivity index is 2.50. The molecule has 1 heterocycles. The Morgan fingerprint density at radius 1 is 1.33 bits per heavy atom. The third-order valence-electron chi connectivity index (χ3n) is 2.36. The van der Waals surface area contributed by atoms with E-state index in [1.807, 2.05) is 0 Å². The van der Waals surface area contributed by atoms with Gasteiger partial charge in [-0.15, -0.1) is 0 Å². The van der Waals surface area contributed by atoms with Gasteiger partial charge in [0.2, 0.25) is 0 Å². The van der Waals surface area contributed by atoms with Gasteiger partial charge in [0.15, 0.2) is 0 Å².